The monoisotopic (exact) mass is 1140 g/mol. The Kier molecular flexibility index (Phi) is 66.7. The van der Waals surface area contributed by atoms with Crippen molar-refractivity contribution in [1.82, 2.24) is 0 Å². The molecule has 0 fully saturated rings. The van der Waals surface area contributed by atoms with Gasteiger partial charge in [-0.05, 0) is 103 Å². The van der Waals surface area contributed by atoms with E-state index >= 15 is 0 Å². The van der Waals surface area contributed by atoms with Crippen LogP contribution in [0.15, 0.2) is 97.2 Å². The predicted molar refractivity (Wildman–Crippen MR) is 357 cm³/mol. The molecule has 0 radical (unpaired) electrons. The first-order valence-electron chi connectivity index (χ1n) is 35.2. The molecule has 1 unspecified atom stereocenters. The highest BCUT2D eigenvalue weighted by atomic mass is 16.6. The predicted octanol–water partition coefficient (Wildman–Crippen LogP) is 24.4. The number of ether oxygens (including phenoxy) is 3. The molecule has 0 saturated carbocycles. The first kappa shape index (κ1) is 78.3. The third kappa shape index (κ3) is 67.1. The molecule has 0 aliphatic heterocycles. The summed E-state index contributed by atoms with van der Waals surface area (Å²) < 4.78 is 16.9. The van der Waals surface area contributed by atoms with Crippen LogP contribution in [0.2, 0.25) is 0 Å². The molecule has 0 heterocycles. The Bertz CT molecular complexity index is 1590. The van der Waals surface area contributed by atoms with Gasteiger partial charge in [-0.3, -0.25) is 14.4 Å². The van der Waals surface area contributed by atoms with Crippen molar-refractivity contribution in [3.8, 4) is 0 Å². The average molecular weight is 1140 g/mol. The topological polar surface area (TPSA) is 78.9 Å². The maximum atomic E-state index is 12.9. The summed E-state index contributed by atoms with van der Waals surface area (Å²) in [5.74, 6) is -0.863. The van der Waals surface area contributed by atoms with E-state index in [2.05, 4.69) is 118 Å². The second-order valence-electron chi connectivity index (χ2n) is 23.4. The minimum atomic E-state index is -0.777. The molecule has 0 rings (SSSR count). The van der Waals surface area contributed by atoms with E-state index in [1.807, 2.05) is 0 Å². The van der Waals surface area contributed by atoms with Gasteiger partial charge >= 0.3 is 17.9 Å². The van der Waals surface area contributed by atoms with E-state index in [1.54, 1.807) is 0 Å². The van der Waals surface area contributed by atoms with Gasteiger partial charge in [0.1, 0.15) is 13.2 Å². The first-order valence-corrected chi connectivity index (χ1v) is 35.2. The minimum absolute atomic E-state index is 0.0737. The Morgan fingerprint density at radius 3 is 0.768 bits per heavy atom. The number of carbonyl (C=O) groups excluding carboxylic acids is 3. The number of allylic oxidation sites excluding steroid dienone is 16. The summed E-state index contributed by atoms with van der Waals surface area (Å²) in [7, 11) is 0. The quantitative estimate of drug-likeness (QED) is 0.0261. The van der Waals surface area contributed by atoms with Gasteiger partial charge in [0.2, 0.25) is 0 Å². The molecule has 0 amide bonds. The van der Waals surface area contributed by atoms with Crippen molar-refractivity contribution in [3.63, 3.8) is 0 Å². The molecule has 0 aromatic carbocycles. The molecule has 0 spiro atoms. The third-order valence-corrected chi connectivity index (χ3v) is 15.3. The molecule has 82 heavy (non-hydrogen) atoms. The maximum Gasteiger partial charge on any atom is 0.306 e. The van der Waals surface area contributed by atoms with Gasteiger partial charge in [-0.2, -0.15) is 0 Å². The molecule has 472 valence electrons. The molecule has 0 aromatic heterocycles. The van der Waals surface area contributed by atoms with Gasteiger partial charge in [0.25, 0.3) is 0 Å². The summed E-state index contributed by atoms with van der Waals surface area (Å²) >= 11 is 0. The lowest BCUT2D eigenvalue weighted by atomic mass is 10.0. The highest BCUT2D eigenvalue weighted by Gasteiger charge is 2.19. The van der Waals surface area contributed by atoms with Crippen LogP contribution in [0.4, 0.5) is 0 Å². The Balaban J connectivity index is 4.11. The van der Waals surface area contributed by atoms with Crippen LogP contribution in [0.1, 0.15) is 348 Å². The summed E-state index contributed by atoms with van der Waals surface area (Å²) in [4.78, 5) is 38.3. The molecule has 0 aliphatic carbocycles. The van der Waals surface area contributed by atoms with E-state index in [0.29, 0.717) is 19.3 Å². The molecule has 0 saturated heterocycles. The van der Waals surface area contributed by atoms with Crippen molar-refractivity contribution in [2.75, 3.05) is 13.2 Å². The van der Waals surface area contributed by atoms with Gasteiger partial charge in [0, 0.05) is 19.3 Å². The van der Waals surface area contributed by atoms with E-state index in [0.717, 1.165) is 103 Å². The minimum Gasteiger partial charge on any atom is -0.462 e. The van der Waals surface area contributed by atoms with E-state index in [9.17, 15) is 14.4 Å². The summed E-state index contributed by atoms with van der Waals surface area (Å²) in [6.07, 6.45) is 94.4. The zero-order valence-corrected chi connectivity index (χ0v) is 54.2. The van der Waals surface area contributed by atoms with Crippen LogP contribution in [-0.4, -0.2) is 37.2 Å². The fourth-order valence-corrected chi connectivity index (χ4v) is 10.1. The van der Waals surface area contributed by atoms with Crippen molar-refractivity contribution in [1.29, 1.82) is 0 Å². The molecule has 0 N–H and O–H groups in total. The molecule has 0 aliphatic rings. The van der Waals surface area contributed by atoms with Gasteiger partial charge in [-0.1, -0.05) is 323 Å². The van der Waals surface area contributed by atoms with Crippen molar-refractivity contribution >= 4 is 17.9 Å². The van der Waals surface area contributed by atoms with Crippen LogP contribution >= 0.6 is 0 Å². The van der Waals surface area contributed by atoms with E-state index < -0.39 is 6.10 Å². The highest BCUT2D eigenvalue weighted by Crippen LogP contribution is 2.17. The summed E-state index contributed by atoms with van der Waals surface area (Å²) in [5.41, 5.74) is 0. The van der Waals surface area contributed by atoms with Crippen molar-refractivity contribution in [2.24, 2.45) is 0 Å². The lowest BCUT2D eigenvalue weighted by Gasteiger charge is -2.18. The van der Waals surface area contributed by atoms with Crippen molar-refractivity contribution in [2.45, 2.75) is 354 Å². The zero-order chi connectivity index (χ0) is 59.2. The van der Waals surface area contributed by atoms with Gasteiger partial charge in [0.05, 0.1) is 0 Å². The van der Waals surface area contributed by atoms with Gasteiger partial charge in [0.15, 0.2) is 6.10 Å². The molecule has 0 aromatic rings. The molecular weight excluding hydrogens is 1010 g/mol. The van der Waals surface area contributed by atoms with Gasteiger partial charge < -0.3 is 14.2 Å². The number of rotatable bonds is 64. The standard InChI is InChI=1S/C76H132O6/c1-4-7-10-13-16-19-22-24-26-28-30-31-32-33-34-35-36-37-38-39-40-41-42-43-44-45-47-48-50-52-54-57-60-63-66-69-75(78)81-72-73(71-80-74(77)68-65-62-59-56-21-18-15-12-9-6-3)82-76(79)70-67-64-61-58-55-53-51-49-46-29-27-25-23-20-17-14-11-8-5-2/h7,10,16-17,19-20,24-27,30-31,33-34,36-37,73H,4-6,8-9,11-15,18,21-23,28-29,32,35,38-72H2,1-3H3/b10-7-,19-16-,20-17-,26-24-,27-25-,31-30-,34-33-,37-36-. The fraction of sp³-hybridized carbons (Fsp3) is 0.750. The first-order chi connectivity index (χ1) is 40.5. The maximum absolute atomic E-state index is 12.9. The Hall–Kier alpha value is -3.67. The number of esters is 3. The molecule has 6 heteroatoms. The van der Waals surface area contributed by atoms with Crippen LogP contribution in [0.5, 0.6) is 0 Å². The van der Waals surface area contributed by atoms with Crippen molar-refractivity contribution in [3.05, 3.63) is 97.2 Å². The molecule has 6 nitrogen and oxygen atoms in total. The van der Waals surface area contributed by atoms with Crippen LogP contribution in [0, 0.1) is 0 Å². The molecular formula is C76H132O6. The summed E-state index contributed by atoms with van der Waals surface area (Å²) in [6, 6.07) is 0. The normalized spacial score (nSPS) is 12.7. The van der Waals surface area contributed by atoms with Gasteiger partial charge in [-0.25, -0.2) is 0 Å². The second-order valence-corrected chi connectivity index (χ2v) is 23.4. The SMILES string of the molecule is CC/C=C\C/C=C\C/C=C\C/C=C\C/C=C\C/C=C\CCCCCCCCCCCCCCCCCCC(=O)OCC(COC(=O)CCCCCCCCCCCC)OC(=O)CCCCCCCCCCC/C=C\C/C=C\CCCCC. The number of hydrogen-bond acceptors (Lipinski definition) is 6. The number of unbranched alkanes of at least 4 members (excludes halogenated alkanes) is 37. The zero-order valence-electron chi connectivity index (χ0n) is 54.2. The molecule has 1 atom stereocenters. The van der Waals surface area contributed by atoms with E-state index in [-0.39, 0.29) is 31.1 Å². The second kappa shape index (κ2) is 69.8. The Morgan fingerprint density at radius 1 is 0.256 bits per heavy atom. The summed E-state index contributed by atoms with van der Waals surface area (Å²) in [6.45, 7) is 6.52. The van der Waals surface area contributed by atoms with Gasteiger partial charge in [-0.15, -0.1) is 0 Å². The van der Waals surface area contributed by atoms with Crippen LogP contribution in [0.3, 0.4) is 0 Å². The lowest BCUT2D eigenvalue weighted by molar-refractivity contribution is -0.167. The Labute approximate surface area is 508 Å². The largest absolute Gasteiger partial charge is 0.462 e. The lowest BCUT2D eigenvalue weighted by Crippen LogP contribution is -2.30. The average Bonchev–Trinajstić information content (AvgIpc) is 3.48. The van der Waals surface area contributed by atoms with E-state index in [4.69, 9.17) is 14.2 Å². The van der Waals surface area contributed by atoms with E-state index in [1.165, 1.54) is 205 Å². The van der Waals surface area contributed by atoms with Crippen molar-refractivity contribution < 1.29 is 28.6 Å². The summed E-state index contributed by atoms with van der Waals surface area (Å²) in [5, 5.41) is 0. The van der Waals surface area contributed by atoms with Crippen LogP contribution < -0.4 is 0 Å². The Morgan fingerprint density at radius 2 is 0.476 bits per heavy atom. The highest BCUT2D eigenvalue weighted by molar-refractivity contribution is 5.71. The third-order valence-electron chi connectivity index (χ3n) is 15.3. The number of hydrogen-bond donors (Lipinski definition) is 0. The smallest absolute Gasteiger partial charge is 0.306 e. The fourth-order valence-electron chi connectivity index (χ4n) is 10.1. The number of carbonyl (C=O) groups is 3. The van der Waals surface area contributed by atoms with Crippen LogP contribution in [0.25, 0.3) is 0 Å². The van der Waals surface area contributed by atoms with Crippen LogP contribution in [-0.2, 0) is 28.6 Å². The molecule has 0 bridgehead atoms.